The van der Waals surface area contributed by atoms with Crippen LogP contribution in [0, 0.1) is 0 Å². The highest BCUT2D eigenvalue weighted by Gasteiger charge is 2.16. The Labute approximate surface area is 177 Å². The fourth-order valence-electron chi connectivity index (χ4n) is 3.50. The molecule has 0 aliphatic carbocycles. The molecule has 1 aliphatic rings. The number of amides is 1. The Balaban J connectivity index is 1.26. The highest BCUT2D eigenvalue weighted by atomic mass is 32.1. The van der Waals surface area contributed by atoms with E-state index in [0.29, 0.717) is 5.75 Å². The van der Waals surface area contributed by atoms with Gasteiger partial charge in [-0.2, -0.15) is 5.10 Å². The molecule has 0 spiro atoms. The van der Waals surface area contributed by atoms with Crippen LogP contribution in [0.3, 0.4) is 0 Å². The van der Waals surface area contributed by atoms with E-state index in [9.17, 15) is 4.79 Å². The number of benzene rings is 1. The van der Waals surface area contributed by atoms with Crippen LogP contribution in [-0.2, 0) is 4.79 Å². The molecule has 30 heavy (non-hydrogen) atoms. The predicted molar refractivity (Wildman–Crippen MR) is 117 cm³/mol. The molecule has 3 aromatic heterocycles. The number of carbonyl (C=O) groups is 1. The molecule has 4 heterocycles. The number of aromatic nitrogens is 3. The first-order chi connectivity index (χ1) is 14.8. The Bertz CT molecular complexity index is 1160. The number of rotatable bonds is 5. The number of thiazole rings is 1. The first-order valence-corrected chi connectivity index (χ1v) is 10.8. The molecule has 5 rings (SSSR count). The van der Waals surface area contributed by atoms with Gasteiger partial charge in [0.25, 0.3) is 5.91 Å². The molecule has 7 nitrogen and oxygen atoms in total. The van der Waals surface area contributed by atoms with E-state index >= 15 is 0 Å². The van der Waals surface area contributed by atoms with Crippen LogP contribution >= 0.6 is 11.3 Å². The Morgan fingerprint density at radius 2 is 1.97 bits per heavy atom. The number of piperazine rings is 1. The second-order valence-electron chi connectivity index (χ2n) is 7.07. The van der Waals surface area contributed by atoms with Gasteiger partial charge in [0.15, 0.2) is 6.61 Å². The maximum absolute atomic E-state index is 12.2. The molecule has 0 atom stereocenters. The molecule has 0 radical (unpaired) electrons. The topological polar surface area (TPSA) is 71.8 Å². The number of carbonyl (C=O) groups excluding carboxylic acids is 1. The van der Waals surface area contributed by atoms with Gasteiger partial charge in [-0.1, -0.05) is 6.07 Å². The molecule has 0 bridgehead atoms. The zero-order valence-corrected chi connectivity index (χ0v) is 17.1. The Morgan fingerprint density at radius 3 is 2.80 bits per heavy atom. The minimum Gasteiger partial charge on any atom is -0.484 e. The summed E-state index contributed by atoms with van der Waals surface area (Å²) in [7, 11) is 0. The van der Waals surface area contributed by atoms with Crippen molar-refractivity contribution >= 4 is 22.8 Å². The summed E-state index contributed by atoms with van der Waals surface area (Å²) in [6.45, 7) is 3.21. The summed E-state index contributed by atoms with van der Waals surface area (Å²) >= 11 is 1.60. The van der Waals surface area contributed by atoms with E-state index in [1.807, 2.05) is 69.7 Å². The monoisotopic (exact) mass is 419 g/mol. The minimum absolute atomic E-state index is 0.0260. The second-order valence-corrected chi connectivity index (χ2v) is 7.93. The quantitative estimate of drug-likeness (QED) is 0.539. The summed E-state index contributed by atoms with van der Waals surface area (Å²) in [4.78, 5) is 18.9. The summed E-state index contributed by atoms with van der Waals surface area (Å²) in [6, 6.07) is 13.7. The molecule has 1 fully saturated rings. The van der Waals surface area contributed by atoms with Crippen molar-refractivity contribution < 1.29 is 9.53 Å². The third-order valence-electron chi connectivity index (χ3n) is 5.14. The lowest BCUT2D eigenvalue weighted by molar-refractivity contribution is -0.133. The van der Waals surface area contributed by atoms with Crippen molar-refractivity contribution in [1.82, 2.24) is 24.8 Å². The first kappa shape index (κ1) is 18.8. The van der Waals surface area contributed by atoms with Crippen LogP contribution in [-0.4, -0.2) is 58.2 Å². The van der Waals surface area contributed by atoms with Gasteiger partial charge in [-0.05, 0) is 36.4 Å². The predicted octanol–water partition coefficient (Wildman–Crippen LogP) is 2.94. The van der Waals surface area contributed by atoms with Gasteiger partial charge in [-0.15, -0.1) is 11.3 Å². The van der Waals surface area contributed by atoms with Gasteiger partial charge in [0.2, 0.25) is 0 Å². The van der Waals surface area contributed by atoms with Gasteiger partial charge >= 0.3 is 0 Å². The minimum atomic E-state index is 0.0260. The van der Waals surface area contributed by atoms with E-state index in [-0.39, 0.29) is 12.5 Å². The maximum Gasteiger partial charge on any atom is 0.260 e. The zero-order valence-electron chi connectivity index (χ0n) is 16.3. The van der Waals surface area contributed by atoms with Crippen LogP contribution in [0.2, 0.25) is 0 Å². The van der Waals surface area contributed by atoms with Crippen LogP contribution < -0.4 is 10.1 Å². The van der Waals surface area contributed by atoms with Crippen molar-refractivity contribution in [3.05, 3.63) is 60.2 Å². The lowest BCUT2D eigenvalue weighted by Crippen LogP contribution is -2.47. The molecule has 1 amide bonds. The van der Waals surface area contributed by atoms with Crippen LogP contribution in [0.15, 0.2) is 60.2 Å². The molecule has 1 aromatic carbocycles. The number of pyridine rings is 1. The van der Waals surface area contributed by atoms with E-state index in [2.05, 4.69) is 10.4 Å². The largest absolute Gasteiger partial charge is 0.484 e. The maximum atomic E-state index is 12.2. The number of nitrogens with zero attached hydrogens (tertiary/aromatic N) is 4. The van der Waals surface area contributed by atoms with Crippen molar-refractivity contribution in [2.75, 3.05) is 32.8 Å². The molecule has 8 heteroatoms. The molecular formula is C22H21N5O2S. The standard InChI is InChI=1S/C22H21N5O2S/c28-21(26-11-8-23-9-12-26)14-29-17-6-4-16(5-7-17)19-15-30-22(25-19)18-13-24-27-10-2-1-3-20(18)27/h1-7,10,13,15,23H,8-9,11-12,14H2. The summed E-state index contributed by atoms with van der Waals surface area (Å²) < 4.78 is 7.54. The van der Waals surface area contributed by atoms with Crippen molar-refractivity contribution in [1.29, 1.82) is 0 Å². The fourth-order valence-corrected chi connectivity index (χ4v) is 4.35. The highest BCUT2D eigenvalue weighted by Crippen LogP contribution is 2.31. The molecular weight excluding hydrogens is 398 g/mol. The van der Waals surface area contributed by atoms with Crippen molar-refractivity contribution in [3.8, 4) is 27.6 Å². The van der Waals surface area contributed by atoms with Gasteiger partial charge in [0, 0.05) is 43.3 Å². The van der Waals surface area contributed by atoms with E-state index in [0.717, 1.165) is 53.5 Å². The third-order valence-corrected chi connectivity index (χ3v) is 6.02. The molecule has 4 aromatic rings. The van der Waals surface area contributed by atoms with Gasteiger partial charge < -0.3 is 15.0 Å². The van der Waals surface area contributed by atoms with Crippen LogP contribution in [0.4, 0.5) is 0 Å². The van der Waals surface area contributed by atoms with E-state index in [1.165, 1.54) is 0 Å². The fraction of sp³-hybridized carbons (Fsp3) is 0.227. The lowest BCUT2D eigenvalue weighted by atomic mass is 10.1. The molecule has 0 unspecified atom stereocenters. The molecule has 0 saturated carbocycles. The Hall–Kier alpha value is -3.23. The van der Waals surface area contributed by atoms with E-state index < -0.39 is 0 Å². The summed E-state index contributed by atoms with van der Waals surface area (Å²) in [6.07, 6.45) is 3.78. The average molecular weight is 420 g/mol. The van der Waals surface area contributed by atoms with Gasteiger partial charge in [0.05, 0.1) is 23.0 Å². The number of nitrogens with one attached hydrogen (secondary N) is 1. The molecule has 1 N–H and O–H groups in total. The Morgan fingerprint density at radius 1 is 1.13 bits per heavy atom. The number of fused-ring (bicyclic) bond motifs is 1. The highest BCUT2D eigenvalue weighted by molar-refractivity contribution is 7.13. The number of hydrogen-bond acceptors (Lipinski definition) is 6. The molecule has 1 saturated heterocycles. The average Bonchev–Trinajstić information content (AvgIpc) is 3.45. The number of ether oxygens (including phenoxy) is 1. The van der Waals surface area contributed by atoms with Crippen molar-refractivity contribution in [2.24, 2.45) is 0 Å². The normalized spacial score (nSPS) is 14.2. The van der Waals surface area contributed by atoms with Crippen molar-refractivity contribution in [3.63, 3.8) is 0 Å². The van der Waals surface area contributed by atoms with Crippen LogP contribution in [0.5, 0.6) is 5.75 Å². The van der Waals surface area contributed by atoms with Crippen molar-refractivity contribution in [2.45, 2.75) is 0 Å². The Kier molecular flexibility index (Phi) is 5.17. The zero-order chi connectivity index (χ0) is 20.3. The summed E-state index contributed by atoms with van der Waals surface area (Å²) in [5, 5.41) is 10.6. The number of hydrogen-bond donors (Lipinski definition) is 1. The van der Waals surface area contributed by atoms with Crippen LogP contribution in [0.1, 0.15) is 0 Å². The van der Waals surface area contributed by atoms with Gasteiger partial charge in [-0.25, -0.2) is 9.50 Å². The van der Waals surface area contributed by atoms with Gasteiger partial charge in [-0.3, -0.25) is 4.79 Å². The molecule has 152 valence electrons. The smallest absolute Gasteiger partial charge is 0.260 e. The SMILES string of the molecule is O=C(COc1ccc(-c2csc(-c3cnn4ccccc34)n2)cc1)N1CCNCC1. The van der Waals surface area contributed by atoms with Crippen LogP contribution in [0.25, 0.3) is 27.3 Å². The van der Waals surface area contributed by atoms with Gasteiger partial charge in [0.1, 0.15) is 10.8 Å². The first-order valence-electron chi connectivity index (χ1n) is 9.88. The van der Waals surface area contributed by atoms with E-state index in [1.54, 1.807) is 11.3 Å². The summed E-state index contributed by atoms with van der Waals surface area (Å²) in [5.74, 6) is 0.707. The third kappa shape index (κ3) is 3.79. The van der Waals surface area contributed by atoms with E-state index in [4.69, 9.17) is 9.72 Å². The summed E-state index contributed by atoms with van der Waals surface area (Å²) in [5.41, 5.74) is 3.98. The molecule has 1 aliphatic heterocycles. The lowest BCUT2D eigenvalue weighted by Gasteiger charge is -2.27. The second kappa shape index (κ2) is 8.25.